The first-order valence-electron chi connectivity index (χ1n) is 4.91. The third kappa shape index (κ3) is 3.83. The molecule has 15 heavy (non-hydrogen) atoms. The van der Waals surface area contributed by atoms with Crippen LogP contribution in [0.5, 0.6) is 5.75 Å². The fourth-order valence-corrected chi connectivity index (χ4v) is 1.08. The van der Waals surface area contributed by atoms with Gasteiger partial charge < -0.3 is 10.5 Å². The minimum atomic E-state index is -0.671. The molecule has 4 heteroatoms. The second-order valence-corrected chi connectivity index (χ2v) is 3.55. The third-order valence-corrected chi connectivity index (χ3v) is 2.16. The van der Waals surface area contributed by atoms with Crippen LogP contribution in [0.3, 0.4) is 0 Å². The molecular formula is C11H15F2NO. The number of rotatable bonds is 5. The fraction of sp³-hybridized carbons (Fsp3) is 0.455. The number of benzene rings is 1. The first-order chi connectivity index (χ1) is 7.13. The Morgan fingerprint density at radius 3 is 2.73 bits per heavy atom. The highest BCUT2D eigenvalue weighted by Crippen LogP contribution is 2.18. The van der Waals surface area contributed by atoms with Gasteiger partial charge in [-0.15, -0.1) is 0 Å². The van der Waals surface area contributed by atoms with Gasteiger partial charge >= 0.3 is 0 Å². The molecule has 0 heterocycles. The van der Waals surface area contributed by atoms with E-state index in [0.29, 0.717) is 19.1 Å². The number of nitrogens with two attached hydrogens (primary N) is 1. The van der Waals surface area contributed by atoms with Crippen LogP contribution in [-0.2, 0) is 0 Å². The monoisotopic (exact) mass is 215 g/mol. The van der Waals surface area contributed by atoms with E-state index in [1.807, 2.05) is 6.92 Å². The van der Waals surface area contributed by atoms with Crippen LogP contribution in [-0.4, -0.2) is 13.2 Å². The molecule has 0 saturated heterocycles. The van der Waals surface area contributed by atoms with Gasteiger partial charge in [-0.25, -0.2) is 8.78 Å². The predicted octanol–water partition coefficient (Wildman–Crippen LogP) is 2.33. The van der Waals surface area contributed by atoms with E-state index in [1.54, 1.807) is 0 Å². The molecule has 0 aliphatic heterocycles. The van der Waals surface area contributed by atoms with Crippen molar-refractivity contribution in [2.45, 2.75) is 13.3 Å². The highest BCUT2D eigenvalue weighted by Gasteiger charge is 2.05. The lowest BCUT2D eigenvalue weighted by Gasteiger charge is -2.10. The standard InChI is InChI=1S/C11H15F2NO/c1-8(7-14)4-5-15-11-3-2-9(12)6-10(11)13/h2-3,6,8H,4-5,7,14H2,1H3. The van der Waals surface area contributed by atoms with Crippen molar-refractivity contribution < 1.29 is 13.5 Å². The summed E-state index contributed by atoms with van der Waals surface area (Å²) in [7, 11) is 0. The molecule has 2 N–H and O–H groups in total. The smallest absolute Gasteiger partial charge is 0.167 e. The number of hydrogen-bond donors (Lipinski definition) is 1. The zero-order chi connectivity index (χ0) is 11.3. The highest BCUT2D eigenvalue weighted by atomic mass is 19.1. The molecule has 0 saturated carbocycles. The van der Waals surface area contributed by atoms with Gasteiger partial charge in [-0.2, -0.15) is 0 Å². The van der Waals surface area contributed by atoms with Crippen molar-refractivity contribution in [3.63, 3.8) is 0 Å². The van der Waals surface area contributed by atoms with Gasteiger partial charge in [0.15, 0.2) is 11.6 Å². The zero-order valence-corrected chi connectivity index (χ0v) is 8.67. The van der Waals surface area contributed by atoms with Crippen LogP contribution in [0.4, 0.5) is 8.78 Å². The van der Waals surface area contributed by atoms with Crippen LogP contribution in [0.2, 0.25) is 0 Å². The van der Waals surface area contributed by atoms with Crippen molar-refractivity contribution in [3.8, 4) is 5.75 Å². The predicted molar refractivity (Wildman–Crippen MR) is 54.7 cm³/mol. The van der Waals surface area contributed by atoms with Gasteiger partial charge in [-0.05, 0) is 31.0 Å². The maximum absolute atomic E-state index is 13.1. The van der Waals surface area contributed by atoms with Crippen LogP contribution in [0.25, 0.3) is 0 Å². The van der Waals surface area contributed by atoms with Gasteiger partial charge in [0.25, 0.3) is 0 Å². The molecule has 0 fully saturated rings. The third-order valence-electron chi connectivity index (χ3n) is 2.16. The van der Waals surface area contributed by atoms with E-state index in [4.69, 9.17) is 10.5 Å². The summed E-state index contributed by atoms with van der Waals surface area (Å²) in [6.07, 6.45) is 0.757. The first-order valence-corrected chi connectivity index (χ1v) is 4.91. The topological polar surface area (TPSA) is 35.2 Å². The summed E-state index contributed by atoms with van der Waals surface area (Å²) in [6.45, 7) is 2.96. The highest BCUT2D eigenvalue weighted by molar-refractivity contribution is 5.24. The fourth-order valence-electron chi connectivity index (χ4n) is 1.08. The number of halogens is 2. The Bertz CT molecular complexity index is 317. The van der Waals surface area contributed by atoms with Gasteiger partial charge in [0.2, 0.25) is 0 Å². The average Bonchev–Trinajstić information content (AvgIpc) is 2.21. The summed E-state index contributed by atoms with van der Waals surface area (Å²) in [4.78, 5) is 0. The van der Waals surface area contributed by atoms with Gasteiger partial charge in [0, 0.05) is 6.07 Å². The number of hydrogen-bond acceptors (Lipinski definition) is 2. The lowest BCUT2D eigenvalue weighted by molar-refractivity contribution is 0.273. The van der Waals surface area contributed by atoms with Crippen LogP contribution >= 0.6 is 0 Å². The van der Waals surface area contributed by atoms with Crippen molar-refractivity contribution in [2.24, 2.45) is 11.7 Å². The zero-order valence-electron chi connectivity index (χ0n) is 8.67. The largest absolute Gasteiger partial charge is 0.491 e. The van der Waals surface area contributed by atoms with E-state index in [1.165, 1.54) is 12.1 Å². The van der Waals surface area contributed by atoms with E-state index >= 15 is 0 Å². The molecule has 0 radical (unpaired) electrons. The van der Waals surface area contributed by atoms with Gasteiger partial charge in [0.1, 0.15) is 5.82 Å². The van der Waals surface area contributed by atoms with E-state index in [0.717, 1.165) is 12.5 Å². The van der Waals surface area contributed by atoms with Crippen LogP contribution in [0, 0.1) is 17.6 Å². The van der Waals surface area contributed by atoms with Gasteiger partial charge in [0.05, 0.1) is 6.61 Å². The van der Waals surface area contributed by atoms with Crippen molar-refractivity contribution >= 4 is 0 Å². The van der Waals surface area contributed by atoms with Crippen molar-refractivity contribution in [2.75, 3.05) is 13.2 Å². The Morgan fingerprint density at radius 1 is 1.40 bits per heavy atom. The molecule has 1 atom stereocenters. The Balaban J connectivity index is 2.44. The molecule has 1 aromatic carbocycles. The second kappa shape index (κ2) is 5.66. The summed E-state index contributed by atoms with van der Waals surface area (Å²) >= 11 is 0. The maximum atomic E-state index is 13.1. The lowest BCUT2D eigenvalue weighted by atomic mass is 10.1. The van der Waals surface area contributed by atoms with Gasteiger partial charge in [-0.1, -0.05) is 6.92 Å². The Morgan fingerprint density at radius 2 is 2.13 bits per heavy atom. The molecule has 0 bridgehead atoms. The molecule has 1 aromatic rings. The first kappa shape index (κ1) is 11.9. The normalized spacial score (nSPS) is 12.5. The lowest BCUT2D eigenvalue weighted by Crippen LogP contribution is -2.14. The van der Waals surface area contributed by atoms with Crippen LogP contribution in [0.15, 0.2) is 18.2 Å². The molecular weight excluding hydrogens is 200 g/mol. The molecule has 1 rings (SSSR count). The summed E-state index contributed by atoms with van der Waals surface area (Å²) < 4.78 is 30.8. The molecule has 0 spiro atoms. The quantitative estimate of drug-likeness (QED) is 0.818. The molecule has 0 aromatic heterocycles. The Kier molecular flexibility index (Phi) is 4.49. The van der Waals surface area contributed by atoms with E-state index in [9.17, 15) is 8.78 Å². The van der Waals surface area contributed by atoms with Crippen molar-refractivity contribution in [3.05, 3.63) is 29.8 Å². The second-order valence-electron chi connectivity index (χ2n) is 3.55. The summed E-state index contributed by atoms with van der Waals surface area (Å²) in [5.74, 6) is -0.847. The van der Waals surface area contributed by atoms with Gasteiger partial charge in [-0.3, -0.25) is 0 Å². The van der Waals surface area contributed by atoms with E-state index < -0.39 is 11.6 Å². The average molecular weight is 215 g/mol. The molecule has 84 valence electrons. The van der Waals surface area contributed by atoms with E-state index in [-0.39, 0.29) is 5.75 Å². The minimum Gasteiger partial charge on any atom is -0.491 e. The Labute approximate surface area is 88.0 Å². The van der Waals surface area contributed by atoms with E-state index in [2.05, 4.69) is 0 Å². The molecule has 1 unspecified atom stereocenters. The SMILES string of the molecule is CC(CN)CCOc1ccc(F)cc1F. The van der Waals surface area contributed by atoms with Crippen LogP contribution < -0.4 is 10.5 Å². The molecule has 0 aliphatic rings. The summed E-state index contributed by atoms with van der Waals surface area (Å²) in [5.41, 5.74) is 5.42. The Hall–Kier alpha value is -1.16. The molecule has 2 nitrogen and oxygen atoms in total. The molecule has 0 aliphatic carbocycles. The minimum absolute atomic E-state index is 0.0839. The van der Waals surface area contributed by atoms with Crippen molar-refractivity contribution in [1.29, 1.82) is 0 Å². The summed E-state index contributed by atoms with van der Waals surface area (Å²) in [5, 5.41) is 0. The maximum Gasteiger partial charge on any atom is 0.167 e. The summed E-state index contributed by atoms with van der Waals surface area (Å²) in [6, 6.07) is 3.27. The molecule has 0 amide bonds. The van der Waals surface area contributed by atoms with Crippen molar-refractivity contribution in [1.82, 2.24) is 0 Å². The number of ether oxygens (including phenoxy) is 1. The van der Waals surface area contributed by atoms with Crippen LogP contribution in [0.1, 0.15) is 13.3 Å².